The first-order valence-corrected chi connectivity index (χ1v) is 5.23. The van der Waals surface area contributed by atoms with Crippen molar-refractivity contribution in [3.8, 4) is 0 Å². The van der Waals surface area contributed by atoms with Crippen LogP contribution in [0.2, 0.25) is 0 Å². The summed E-state index contributed by atoms with van der Waals surface area (Å²) in [6, 6.07) is 1.28. The number of H-pyrrole nitrogens is 1. The zero-order chi connectivity index (χ0) is 11.9. The molecule has 0 saturated carbocycles. The van der Waals surface area contributed by atoms with Gasteiger partial charge in [0.1, 0.15) is 15.4 Å². The van der Waals surface area contributed by atoms with Gasteiger partial charge in [-0.15, -0.1) is 0 Å². The first-order chi connectivity index (χ1) is 7.49. The van der Waals surface area contributed by atoms with Crippen molar-refractivity contribution in [3.05, 3.63) is 33.6 Å². The van der Waals surface area contributed by atoms with Crippen LogP contribution in [0.1, 0.15) is 22.3 Å². The van der Waals surface area contributed by atoms with E-state index in [2.05, 4.69) is 16.5 Å². The van der Waals surface area contributed by atoms with Gasteiger partial charge in [-0.25, -0.2) is 9.78 Å². The highest BCUT2D eigenvalue weighted by Gasteiger charge is 2.13. The molecule has 2 aromatic heterocycles. The Morgan fingerprint density at radius 1 is 1.62 bits per heavy atom. The fourth-order valence-corrected chi connectivity index (χ4v) is 2.10. The Hall–Kier alpha value is -1.95. The molecule has 0 aliphatic heterocycles. The number of aromatic nitrogens is 2. The van der Waals surface area contributed by atoms with Crippen molar-refractivity contribution in [1.29, 1.82) is 0 Å². The van der Waals surface area contributed by atoms with E-state index in [0.717, 1.165) is 5.57 Å². The van der Waals surface area contributed by atoms with Gasteiger partial charge in [0, 0.05) is 0 Å². The normalized spacial score (nSPS) is 10.6. The van der Waals surface area contributed by atoms with Crippen LogP contribution >= 0.6 is 11.3 Å². The number of fused-ring (bicyclic) bond motifs is 1. The molecule has 0 atom stereocenters. The van der Waals surface area contributed by atoms with E-state index in [1.54, 1.807) is 6.92 Å². The van der Waals surface area contributed by atoms with Crippen LogP contribution in [-0.4, -0.2) is 21.0 Å². The molecule has 6 heteroatoms. The molecule has 2 N–H and O–H groups in total. The summed E-state index contributed by atoms with van der Waals surface area (Å²) in [7, 11) is 0. The first-order valence-electron chi connectivity index (χ1n) is 4.42. The van der Waals surface area contributed by atoms with Crippen LogP contribution in [0.15, 0.2) is 17.4 Å². The predicted octanol–water partition coefficient (Wildman–Crippen LogP) is 1.72. The fraction of sp³-hybridized carbons (Fsp3) is 0.100. The molecule has 2 aromatic rings. The van der Waals surface area contributed by atoms with Crippen molar-refractivity contribution in [2.24, 2.45) is 0 Å². The highest BCUT2D eigenvalue weighted by atomic mass is 32.1. The monoisotopic (exact) mass is 236 g/mol. The van der Waals surface area contributed by atoms with Gasteiger partial charge in [0.05, 0.1) is 5.52 Å². The number of carboxylic acid groups (broad SMARTS) is 1. The number of hydrogen-bond acceptors (Lipinski definition) is 4. The molecule has 82 valence electrons. The Balaban J connectivity index is 2.75. The third-order valence-electron chi connectivity index (χ3n) is 2.00. The SMILES string of the molecule is C=C(C)c1nc2cc(C(=O)O)c(=O)[nH]c2s1. The lowest BCUT2D eigenvalue weighted by Gasteiger charge is -1.91. The number of rotatable bonds is 2. The summed E-state index contributed by atoms with van der Waals surface area (Å²) in [6.07, 6.45) is 0. The summed E-state index contributed by atoms with van der Waals surface area (Å²) in [5, 5.41) is 9.47. The van der Waals surface area contributed by atoms with Crippen molar-refractivity contribution in [1.82, 2.24) is 9.97 Å². The predicted molar refractivity (Wildman–Crippen MR) is 61.9 cm³/mol. The Labute approximate surface area is 94.1 Å². The molecule has 0 fully saturated rings. The summed E-state index contributed by atoms with van der Waals surface area (Å²) in [5.74, 6) is -1.26. The van der Waals surface area contributed by atoms with Crippen LogP contribution < -0.4 is 5.56 Å². The number of allylic oxidation sites excluding steroid dienone is 1. The van der Waals surface area contributed by atoms with Gasteiger partial charge >= 0.3 is 5.97 Å². The van der Waals surface area contributed by atoms with Crippen molar-refractivity contribution in [3.63, 3.8) is 0 Å². The van der Waals surface area contributed by atoms with E-state index in [0.29, 0.717) is 15.4 Å². The molecular formula is C10H8N2O3S. The number of aromatic carboxylic acids is 1. The lowest BCUT2D eigenvalue weighted by molar-refractivity contribution is 0.0695. The molecule has 2 heterocycles. The zero-order valence-electron chi connectivity index (χ0n) is 8.40. The summed E-state index contributed by atoms with van der Waals surface area (Å²) < 4.78 is 0. The summed E-state index contributed by atoms with van der Waals surface area (Å²) >= 11 is 1.28. The maximum absolute atomic E-state index is 11.4. The highest BCUT2D eigenvalue weighted by Crippen LogP contribution is 2.23. The molecule has 0 aliphatic carbocycles. The molecule has 2 rings (SSSR count). The van der Waals surface area contributed by atoms with Crippen LogP contribution in [0.25, 0.3) is 15.9 Å². The van der Waals surface area contributed by atoms with Crippen LogP contribution in [0.5, 0.6) is 0 Å². The van der Waals surface area contributed by atoms with E-state index in [4.69, 9.17) is 5.11 Å². The van der Waals surface area contributed by atoms with E-state index in [-0.39, 0.29) is 5.56 Å². The van der Waals surface area contributed by atoms with Crippen LogP contribution in [0.3, 0.4) is 0 Å². The first kappa shape index (κ1) is 10.6. The second-order valence-electron chi connectivity index (χ2n) is 3.33. The number of carboxylic acids is 1. The molecule has 0 amide bonds. The summed E-state index contributed by atoms with van der Waals surface area (Å²) in [6.45, 7) is 5.54. The van der Waals surface area contributed by atoms with Crippen LogP contribution in [0, 0.1) is 0 Å². The van der Waals surface area contributed by atoms with Crippen LogP contribution in [0.4, 0.5) is 0 Å². The second-order valence-corrected chi connectivity index (χ2v) is 4.33. The van der Waals surface area contributed by atoms with E-state index in [1.807, 2.05) is 0 Å². The molecule has 0 radical (unpaired) electrons. The van der Waals surface area contributed by atoms with Gasteiger partial charge in [0.15, 0.2) is 0 Å². The topological polar surface area (TPSA) is 83.0 Å². The number of nitrogens with zero attached hydrogens (tertiary/aromatic N) is 1. The van der Waals surface area contributed by atoms with E-state index < -0.39 is 11.5 Å². The molecule has 0 spiro atoms. The number of carbonyl (C=O) groups is 1. The highest BCUT2D eigenvalue weighted by molar-refractivity contribution is 7.19. The Kier molecular flexibility index (Phi) is 2.35. The molecule has 0 unspecified atom stereocenters. The minimum atomic E-state index is -1.26. The number of thiazole rings is 1. The maximum atomic E-state index is 11.4. The largest absolute Gasteiger partial charge is 0.477 e. The molecule has 0 aliphatic rings. The number of aromatic amines is 1. The van der Waals surface area contributed by atoms with Crippen LogP contribution in [-0.2, 0) is 0 Å². The van der Waals surface area contributed by atoms with Crippen molar-refractivity contribution in [2.45, 2.75) is 6.92 Å². The smallest absolute Gasteiger partial charge is 0.341 e. The zero-order valence-corrected chi connectivity index (χ0v) is 9.22. The Bertz CT molecular complexity index is 654. The lowest BCUT2D eigenvalue weighted by Crippen LogP contribution is -2.16. The fourth-order valence-electron chi connectivity index (χ4n) is 1.23. The van der Waals surface area contributed by atoms with Crippen molar-refractivity contribution in [2.75, 3.05) is 0 Å². The van der Waals surface area contributed by atoms with Gasteiger partial charge in [0.25, 0.3) is 5.56 Å². The van der Waals surface area contributed by atoms with Gasteiger partial charge in [-0.2, -0.15) is 0 Å². The third kappa shape index (κ3) is 1.63. The van der Waals surface area contributed by atoms with Gasteiger partial charge < -0.3 is 10.1 Å². The van der Waals surface area contributed by atoms with Gasteiger partial charge in [-0.1, -0.05) is 17.9 Å². The van der Waals surface area contributed by atoms with Gasteiger partial charge in [-0.3, -0.25) is 4.79 Å². The maximum Gasteiger partial charge on any atom is 0.341 e. The third-order valence-corrected chi connectivity index (χ3v) is 3.15. The second kappa shape index (κ2) is 3.57. The van der Waals surface area contributed by atoms with E-state index in [1.165, 1.54) is 17.4 Å². The average molecular weight is 236 g/mol. The summed E-state index contributed by atoms with van der Waals surface area (Å²) in [4.78, 5) is 29.4. The van der Waals surface area contributed by atoms with E-state index in [9.17, 15) is 9.59 Å². The number of pyridine rings is 1. The van der Waals surface area contributed by atoms with Crippen molar-refractivity contribution < 1.29 is 9.90 Å². The lowest BCUT2D eigenvalue weighted by atomic mass is 10.3. The molecule has 0 saturated heterocycles. The number of hydrogen-bond donors (Lipinski definition) is 2. The minimum Gasteiger partial charge on any atom is -0.477 e. The molecule has 16 heavy (non-hydrogen) atoms. The molecular weight excluding hydrogens is 228 g/mol. The Morgan fingerprint density at radius 2 is 2.31 bits per heavy atom. The molecule has 0 bridgehead atoms. The molecule has 0 aromatic carbocycles. The van der Waals surface area contributed by atoms with Gasteiger partial charge in [0.2, 0.25) is 0 Å². The van der Waals surface area contributed by atoms with E-state index >= 15 is 0 Å². The standard InChI is InChI=1S/C10H8N2O3S/c1-4(2)8-11-6-3-5(10(14)15)7(13)12-9(6)16-8/h3H,1H2,2H3,(H,12,13)(H,14,15). The average Bonchev–Trinajstić information content (AvgIpc) is 2.58. The van der Waals surface area contributed by atoms with Gasteiger partial charge in [-0.05, 0) is 18.6 Å². The summed E-state index contributed by atoms with van der Waals surface area (Å²) in [5.41, 5.74) is 0.335. The van der Waals surface area contributed by atoms with Crippen molar-refractivity contribution >= 4 is 33.2 Å². The minimum absolute atomic E-state index is 0.300. The molecule has 5 nitrogen and oxygen atoms in total. The quantitative estimate of drug-likeness (QED) is 0.831. The Morgan fingerprint density at radius 3 is 2.88 bits per heavy atom. The number of nitrogens with one attached hydrogen (secondary N) is 1.